The van der Waals surface area contributed by atoms with Gasteiger partial charge in [-0.05, 0) is 28.4 Å². The minimum atomic E-state index is -0.318. The van der Waals surface area contributed by atoms with Crippen LogP contribution in [0.2, 0.25) is 0 Å². The summed E-state index contributed by atoms with van der Waals surface area (Å²) in [6, 6.07) is 7.90. The standard InChI is InChI=1S/C16H12BrClO2S/c1-8-12(7-18)21-16-13(8)15(20-9(2)19)11-6-4-3-5-10(11)14(16)17/h3-6H,7H2,1-2H3. The average molecular weight is 384 g/mol. The Morgan fingerprint density at radius 1 is 1.33 bits per heavy atom. The van der Waals surface area contributed by atoms with Crippen LogP contribution in [0.15, 0.2) is 28.7 Å². The highest BCUT2D eigenvalue weighted by molar-refractivity contribution is 9.11. The number of carbonyl (C=O) groups is 1. The van der Waals surface area contributed by atoms with Gasteiger partial charge in [-0.1, -0.05) is 24.3 Å². The highest BCUT2D eigenvalue weighted by atomic mass is 79.9. The lowest BCUT2D eigenvalue weighted by atomic mass is 10.0. The van der Waals surface area contributed by atoms with E-state index in [0.29, 0.717) is 11.6 Å². The summed E-state index contributed by atoms with van der Waals surface area (Å²) in [5.74, 6) is 0.760. The lowest BCUT2D eigenvalue weighted by Gasteiger charge is -2.11. The number of hydrogen-bond donors (Lipinski definition) is 0. The van der Waals surface area contributed by atoms with Gasteiger partial charge in [-0.25, -0.2) is 0 Å². The molecule has 2 nitrogen and oxygen atoms in total. The van der Waals surface area contributed by atoms with Crippen molar-refractivity contribution in [3.63, 3.8) is 0 Å². The molecule has 0 bridgehead atoms. The number of hydrogen-bond acceptors (Lipinski definition) is 3. The number of fused-ring (bicyclic) bond motifs is 2. The molecule has 1 aromatic heterocycles. The first-order valence-electron chi connectivity index (χ1n) is 6.41. The number of esters is 1. The van der Waals surface area contributed by atoms with E-state index in [4.69, 9.17) is 16.3 Å². The Balaban J connectivity index is 2.54. The second-order valence-electron chi connectivity index (χ2n) is 4.77. The minimum absolute atomic E-state index is 0.318. The fourth-order valence-corrected chi connectivity index (χ4v) is 4.75. The predicted octanol–water partition coefficient (Wildman–Crippen LogP) is 5.79. The summed E-state index contributed by atoms with van der Waals surface area (Å²) >= 11 is 11.4. The van der Waals surface area contributed by atoms with Crippen LogP contribution in [0.25, 0.3) is 20.9 Å². The van der Waals surface area contributed by atoms with Crippen LogP contribution in [0.3, 0.4) is 0 Å². The molecule has 0 fully saturated rings. The van der Waals surface area contributed by atoms with Gasteiger partial charge >= 0.3 is 5.97 Å². The Kier molecular flexibility index (Phi) is 3.95. The molecule has 2 aromatic carbocycles. The highest BCUT2D eigenvalue weighted by Gasteiger charge is 2.20. The number of halogens is 2. The van der Waals surface area contributed by atoms with E-state index in [0.717, 1.165) is 35.8 Å². The van der Waals surface area contributed by atoms with Gasteiger partial charge in [-0.3, -0.25) is 4.79 Å². The van der Waals surface area contributed by atoms with Gasteiger partial charge in [0.15, 0.2) is 0 Å². The second kappa shape index (κ2) is 5.59. The molecule has 0 saturated heterocycles. The molecule has 0 aliphatic rings. The number of rotatable bonds is 2. The summed E-state index contributed by atoms with van der Waals surface area (Å²) in [7, 11) is 0. The van der Waals surface area contributed by atoms with Crippen LogP contribution < -0.4 is 4.74 Å². The number of ether oxygens (including phenoxy) is 1. The first-order valence-corrected chi connectivity index (χ1v) is 8.55. The first kappa shape index (κ1) is 14.8. The molecule has 5 heteroatoms. The Morgan fingerprint density at radius 2 is 2.00 bits per heavy atom. The van der Waals surface area contributed by atoms with E-state index < -0.39 is 0 Å². The SMILES string of the molecule is CC(=O)Oc1c2ccccc2c(Br)c2sc(CCl)c(C)c12. The lowest BCUT2D eigenvalue weighted by Crippen LogP contribution is -2.02. The molecule has 1 heterocycles. The second-order valence-corrected chi connectivity index (χ2v) is 6.94. The molecule has 0 N–H and O–H groups in total. The Hall–Kier alpha value is -1.10. The maximum absolute atomic E-state index is 11.5. The molecule has 0 saturated carbocycles. The van der Waals surface area contributed by atoms with Crippen LogP contribution in [0, 0.1) is 6.92 Å². The van der Waals surface area contributed by atoms with Crippen molar-refractivity contribution in [2.75, 3.05) is 0 Å². The molecule has 3 rings (SSSR count). The van der Waals surface area contributed by atoms with Crippen molar-refractivity contribution in [3.05, 3.63) is 39.2 Å². The van der Waals surface area contributed by atoms with Crippen LogP contribution in [-0.2, 0) is 10.7 Å². The van der Waals surface area contributed by atoms with Crippen molar-refractivity contribution < 1.29 is 9.53 Å². The summed E-state index contributed by atoms with van der Waals surface area (Å²) in [5.41, 5.74) is 1.08. The summed E-state index contributed by atoms with van der Waals surface area (Å²) in [6.07, 6.45) is 0. The van der Waals surface area contributed by atoms with Crippen LogP contribution in [0.5, 0.6) is 5.75 Å². The van der Waals surface area contributed by atoms with E-state index >= 15 is 0 Å². The van der Waals surface area contributed by atoms with Crippen molar-refractivity contribution in [3.8, 4) is 5.75 Å². The number of alkyl halides is 1. The van der Waals surface area contributed by atoms with Crippen molar-refractivity contribution in [2.45, 2.75) is 19.7 Å². The quantitative estimate of drug-likeness (QED) is 0.318. The van der Waals surface area contributed by atoms with Gasteiger partial charge in [-0.2, -0.15) is 0 Å². The van der Waals surface area contributed by atoms with Crippen LogP contribution in [-0.4, -0.2) is 5.97 Å². The van der Waals surface area contributed by atoms with E-state index in [2.05, 4.69) is 15.9 Å². The van der Waals surface area contributed by atoms with Crippen LogP contribution in [0.4, 0.5) is 0 Å². The number of thiophene rings is 1. The van der Waals surface area contributed by atoms with Gasteiger partial charge in [0.1, 0.15) is 5.75 Å². The molecular formula is C16H12BrClO2S. The molecule has 21 heavy (non-hydrogen) atoms. The molecule has 0 unspecified atom stereocenters. The minimum Gasteiger partial charge on any atom is -0.425 e. The molecule has 0 aliphatic heterocycles. The molecule has 108 valence electrons. The number of benzene rings is 2. The van der Waals surface area contributed by atoms with Crippen molar-refractivity contribution >= 4 is 65.7 Å². The Labute approximate surface area is 139 Å². The van der Waals surface area contributed by atoms with Gasteiger partial charge in [0.25, 0.3) is 0 Å². The molecular weight excluding hydrogens is 372 g/mol. The third kappa shape index (κ3) is 2.35. The molecule has 0 amide bonds. The third-order valence-corrected chi connectivity index (χ3v) is 6.27. The fraction of sp³-hybridized carbons (Fsp3) is 0.188. The van der Waals surface area contributed by atoms with E-state index in [9.17, 15) is 4.79 Å². The Bertz CT molecular complexity index is 870. The highest BCUT2D eigenvalue weighted by Crippen LogP contribution is 2.47. The van der Waals surface area contributed by atoms with Gasteiger partial charge in [0.05, 0.1) is 10.6 Å². The fourth-order valence-electron chi connectivity index (χ4n) is 2.50. The zero-order valence-corrected chi connectivity index (χ0v) is 14.7. The number of aryl methyl sites for hydroxylation is 1. The van der Waals surface area contributed by atoms with Crippen molar-refractivity contribution in [1.82, 2.24) is 0 Å². The first-order chi connectivity index (χ1) is 10.0. The van der Waals surface area contributed by atoms with E-state index in [1.165, 1.54) is 6.92 Å². The van der Waals surface area contributed by atoms with Gasteiger partial charge in [-0.15, -0.1) is 22.9 Å². The zero-order valence-electron chi connectivity index (χ0n) is 11.5. The van der Waals surface area contributed by atoms with Gasteiger partial charge in [0, 0.05) is 32.4 Å². The third-order valence-electron chi connectivity index (χ3n) is 3.45. The predicted molar refractivity (Wildman–Crippen MR) is 92.6 cm³/mol. The molecule has 0 aliphatic carbocycles. The van der Waals surface area contributed by atoms with Gasteiger partial charge < -0.3 is 4.74 Å². The normalized spacial score (nSPS) is 11.2. The van der Waals surface area contributed by atoms with Crippen molar-refractivity contribution in [2.24, 2.45) is 0 Å². The molecule has 0 spiro atoms. The molecule has 0 atom stereocenters. The van der Waals surface area contributed by atoms with Gasteiger partial charge in [0.2, 0.25) is 0 Å². The maximum Gasteiger partial charge on any atom is 0.308 e. The monoisotopic (exact) mass is 382 g/mol. The summed E-state index contributed by atoms with van der Waals surface area (Å²) in [6.45, 7) is 3.44. The smallest absolute Gasteiger partial charge is 0.308 e. The molecule has 0 radical (unpaired) electrons. The number of carbonyl (C=O) groups excluding carboxylic acids is 1. The summed E-state index contributed by atoms with van der Waals surface area (Å²) in [4.78, 5) is 12.6. The largest absolute Gasteiger partial charge is 0.425 e. The zero-order chi connectivity index (χ0) is 15.1. The Morgan fingerprint density at radius 3 is 2.62 bits per heavy atom. The topological polar surface area (TPSA) is 26.3 Å². The lowest BCUT2D eigenvalue weighted by molar-refractivity contribution is -0.131. The average Bonchev–Trinajstić information content (AvgIpc) is 2.80. The van der Waals surface area contributed by atoms with E-state index in [1.54, 1.807) is 11.3 Å². The van der Waals surface area contributed by atoms with Crippen LogP contribution in [0.1, 0.15) is 17.4 Å². The maximum atomic E-state index is 11.5. The summed E-state index contributed by atoms with van der Waals surface area (Å²) in [5, 5.41) is 2.93. The van der Waals surface area contributed by atoms with Crippen molar-refractivity contribution in [1.29, 1.82) is 0 Å². The van der Waals surface area contributed by atoms with E-state index in [1.807, 2.05) is 31.2 Å². The summed E-state index contributed by atoms with van der Waals surface area (Å²) < 4.78 is 7.63. The van der Waals surface area contributed by atoms with Crippen LogP contribution >= 0.6 is 38.9 Å². The van der Waals surface area contributed by atoms with E-state index in [-0.39, 0.29) is 5.97 Å². The molecule has 3 aromatic rings.